The summed E-state index contributed by atoms with van der Waals surface area (Å²) in [6.07, 6.45) is 0.710. The average Bonchev–Trinajstić information content (AvgIpc) is 2.86. The van der Waals surface area contributed by atoms with Crippen LogP contribution in [-0.2, 0) is 4.79 Å². The van der Waals surface area contributed by atoms with Gasteiger partial charge in [0, 0.05) is 10.9 Å². The van der Waals surface area contributed by atoms with E-state index in [4.69, 9.17) is 15.5 Å². The van der Waals surface area contributed by atoms with E-state index in [1.54, 1.807) is 0 Å². The number of carbonyl (C=O) groups excluding carboxylic acids is 2. The molecule has 0 aliphatic heterocycles. The molecule has 0 saturated heterocycles. The van der Waals surface area contributed by atoms with Crippen LogP contribution in [0.4, 0.5) is 0 Å². The van der Waals surface area contributed by atoms with E-state index in [0.717, 1.165) is 11.1 Å². The molecular weight excluding hydrogens is 414 g/mol. The molecule has 0 fully saturated rings. The van der Waals surface area contributed by atoms with Crippen molar-refractivity contribution in [2.45, 2.75) is 19.4 Å². The van der Waals surface area contributed by atoms with Gasteiger partial charge in [0.15, 0.2) is 12.4 Å². The summed E-state index contributed by atoms with van der Waals surface area (Å²) in [5.41, 5.74) is 8.60. The third-order valence-electron chi connectivity index (χ3n) is 5.40. The van der Waals surface area contributed by atoms with Gasteiger partial charge in [-0.1, -0.05) is 85.8 Å². The molecule has 33 heavy (non-hydrogen) atoms. The SMILES string of the molecule is CCC(NC(=O)c1c(OCC(N)=O)c(-c2ccccc2)nc2ccccc12)c1ccccc1. The molecule has 6 nitrogen and oxygen atoms in total. The fourth-order valence-electron chi connectivity index (χ4n) is 3.83. The van der Waals surface area contributed by atoms with Gasteiger partial charge in [0.25, 0.3) is 11.8 Å². The van der Waals surface area contributed by atoms with E-state index in [1.165, 1.54) is 0 Å². The second kappa shape index (κ2) is 9.96. The highest BCUT2D eigenvalue weighted by Gasteiger charge is 2.25. The molecule has 4 rings (SSSR count). The van der Waals surface area contributed by atoms with Gasteiger partial charge in [0.2, 0.25) is 0 Å². The largest absolute Gasteiger partial charge is 0.481 e. The number of fused-ring (bicyclic) bond motifs is 1. The number of hydrogen-bond donors (Lipinski definition) is 2. The minimum atomic E-state index is -0.635. The maximum Gasteiger partial charge on any atom is 0.256 e. The first-order chi connectivity index (χ1) is 16.1. The van der Waals surface area contributed by atoms with Gasteiger partial charge in [-0.05, 0) is 18.1 Å². The van der Waals surface area contributed by atoms with Gasteiger partial charge in [-0.25, -0.2) is 4.98 Å². The number of ether oxygens (including phenoxy) is 1. The van der Waals surface area contributed by atoms with Gasteiger partial charge in [-0.15, -0.1) is 0 Å². The van der Waals surface area contributed by atoms with Crippen molar-refractivity contribution in [3.05, 3.63) is 96.1 Å². The summed E-state index contributed by atoms with van der Waals surface area (Å²) in [4.78, 5) is 30.0. The maximum absolute atomic E-state index is 13.7. The second-order valence-electron chi connectivity index (χ2n) is 7.65. The predicted octanol–water partition coefficient (Wildman–Crippen LogP) is 4.65. The number of nitrogens with zero attached hydrogens (tertiary/aromatic N) is 1. The standard InChI is InChI=1S/C27H25N3O3/c1-2-21(18-11-5-3-6-12-18)30-27(32)24-20-15-9-10-16-22(20)29-25(19-13-7-4-8-14-19)26(24)33-17-23(28)31/h3-16,21H,2,17H2,1H3,(H2,28,31)(H,30,32). The molecule has 2 amide bonds. The van der Waals surface area contributed by atoms with Crippen molar-refractivity contribution in [2.24, 2.45) is 5.73 Å². The van der Waals surface area contributed by atoms with Crippen LogP contribution < -0.4 is 15.8 Å². The highest BCUT2D eigenvalue weighted by atomic mass is 16.5. The number of carbonyl (C=O) groups is 2. The zero-order chi connectivity index (χ0) is 23.2. The summed E-state index contributed by atoms with van der Waals surface area (Å²) < 4.78 is 5.84. The normalized spacial score (nSPS) is 11.7. The Bertz CT molecular complexity index is 1270. The highest BCUT2D eigenvalue weighted by Crippen LogP contribution is 2.37. The maximum atomic E-state index is 13.7. The van der Waals surface area contributed by atoms with Crippen molar-refractivity contribution in [3.63, 3.8) is 0 Å². The predicted molar refractivity (Wildman–Crippen MR) is 129 cm³/mol. The smallest absolute Gasteiger partial charge is 0.256 e. The van der Waals surface area contributed by atoms with Gasteiger partial charge in [-0.2, -0.15) is 0 Å². The van der Waals surface area contributed by atoms with Gasteiger partial charge in [-0.3, -0.25) is 9.59 Å². The summed E-state index contributed by atoms with van der Waals surface area (Å²) in [7, 11) is 0. The lowest BCUT2D eigenvalue weighted by molar-refractivity contribution is -0.119. The van der Waals surface area contributed by atoms with Crippen molar-refractivity contribution in [1.82, 2.24) is 10.3 Å². The van der Waals surface area contributed by atoms with Crippen molar-refractivity contribution < 1.29 is 14.3 Å². The topological polar surface area (TPSA) is 94.3 Å². The Balaban J connectivity index is 1.88. The molecule has 6 heteroatoms. The van der Waals surface area contributed by atoms with E-state index in [0.29, 0.717) is 28.6 Å². The van der Waals surface area contributed by atoms with E-state index < -0.39 is 5.91 Å². The van der Waals surface area contributed by atoms with Crippen LogP contribution in [0.5, 0.6) is 5.75 Å². The number of primary amides is 1. The summed E-state index contributed by atoms with van der Waals surface area (Å²) in [6.45, 7) is 1.65. The number of nitrogens with one attached hydrogen (secondary N) is 1. The molecule has 0 radical (unpaired) electrons. The summed E-state index contributed by atoms with van der Waals surface area (Å²) in [5.74, 6) is -0.704. The quantitative estimate of drug-likeness (QED) is 0.418. The molecule has 0 aliphatic carbocycles. The molecule has 0 saturated carbocycles. The van der Waals surface area contributed by atoms with Crippen LogP contribution in [0.25, 0.3) is 22.2 Å². The molecule has 1 aromatic heterocycles. The van der Waals surface area contributed by atoms with Crippen molar-refractivity contribution >= 4 is 22.7 Å². The Morgan fingerprint density at radius 3 is 2.24 bits per heavy atom. The molecule has 0 spiro atoms. The third kappa shape index (κ3) is 4.85. The lowest BCUT2D eigenvalue weighted by Gasteiger charge is -2.21. The Morgan fingerprint density at radius 1 is 0.939 bits per heavy atom. The number of para-hydroxylation sites is 1. The molecular formula is C27H25N3O3. The van der Waals surface area contributed by atoms with E-state index in [-0.39, 0.29) is 24.3 Å². The molecule has 4 aromatic rings. The summed E-state index contributed by atoms with van der Waals surface area (Å²) in [6, 6.07) is 26.4. The van der Waals surface area contributed by atoms with Gasteiger partial charge in [0.05, 0.1) is 17.1 Å². The minimum absolute atomic E-state index is 0.185. The van der Waals surface area contributed by atoms with Gasteiger partial charge < -0.3 is 15.8 Å². The van der Waals surface area contributed by atoms with Crippen LogP contribution in [0.3, 0.4) is 0 Å². The number of aromatic nitrogens is 1. The number of hydrogen-bond acceptors (Lipinski definition) is 4. The molecule has 0 aliphatic rings. The fraction of sp³-hybridized carbons (Fsp3) is 0.148. The molecule has 1 unspecified atom stereocenters. The number of amides is 2. The van der Waals surface area contributed by atoms with E-state index in [1.807, 2.05) is 91.9 Å². The lowest BCUT2D eigenvalue weighted by Crippen LogP contribution is -2.29. The average molecular weight is 440 g/mol. The van der Waals surface area contributed by atoms with E-state index in [9.17, 15) is 9.59 Å². The summed E-state index contributed by atoms with van der Waals surface area (Å²) >= 11 is 0. The Kier molecular flexibility index (Phi) is 6.64. The molecule has 1 heterocycles. The fourth-order valence-corrected chi connectivity index (χ4v) is 3.83. The molecule has 0 bridgehead atoms. The number of rotatable bonds is 8. The second-order valence-corrected chi connectivity index (χ2v) is 7.65. The molecule has 3 N–H and O–H groups in total. The first-order valence-electron chi connectivity index (χ1n) is 10.8. The number of benzene rings is 3. The van der Waals surface area contributed by atoms with E-state index in [2.05, 4.69) is 5.32 Å². The van der Waals surface area contributed by atoms with Gasteiger partial charge >= 0.3 is 0 Å². The first-order valence-corrected chi connectivity index (χ1v) is 10.8. The lowest BCUT2D eigenvalue weighted by atomic mass is 10.00. The monoisotopic (exact) mass is 439 g/mol. The Morgan fingerprint density at radius 2 is 1.58 bits per heavy atom. The van der Waals surface area contributed by atoms with Crippen LogP contribution in [-0.4, -0.2) is 23.4 Å². The van der Waals surface area contributed by atoms with Crippen LogP contribution in [0.1, 0.15) is 35.3 Å². The zero-order valence-electron chi connectivity index (χ0n) is 18.3. The minimum Gasteiger partial charge on any atom is -0.481 e. The number of pyridine rings is 1. The van der Waals surface area contributed by atoms with Crippen LogP contribution >= 0.6 is 0 Å². The highest BCUT2D eigenvalue weighted by molar-refractivity contribution is 6.10. The van der Waals surface area contributed by atoms with Crippen molar-refractivity contribution in [3.8, 4) is 17.0 Å². The number of nitrogens with two attached hydrogens (primary N) is 1. The first kappa shape index (κ1) is 22.0. The Labute approximate surface area is 192 Å². The third-order valence-corrected chi connectivity index (χ3v) is 5.40. The van der Waals surface area contributed by atoms with Crippen molar-refractivity contribution in [2.75, 3.05) is 6.61 Å². The van der Waals surface area contributed by atoms with Crippen LogP contribution in [0.15, 0.2) is 84.9 Å². The van der Waals surface area contributed by atoms with Gasteiger partial charge in [0.1, 0.15) is 5.69 Å². The van der Waals surface area contributed by atoms with Crippen LogP contribution in [0, 0.1) is 0 Å². The molecule has 3 aromatic carbocycles. The Hall–Kier alpha value is -4.19. The molecule has 166 valence electrons. The van der Waals surface area contributed by atoms with E-state index >= 15 is 0 Å². The zero-order valence-corrected chi connectivity index (χ0v) is 18.3. The molecule has 1 atom stereocenters. The summed E-state index contributed by atoms with van der Waals surface area (Å²) in [5, 5.41) is 3.77. The van der Waals surface area contributed by atoms with Crippen LogP contribution in [0.2, 0.25) is 0 Å². The van der Waals surface area contributed by atoms with Crippen molar-refractivity contribution in [1.29, 1.82) is 0 Å².